The van der Waals surface area contributed by atoms with Gasteiger partial charge in [0.1, 0.15) is 0 Å². The second-order valence-electron chi connectivity index (χ2n) is 5.24. The van der Waals surface area contributed by atoms with Gasteiger partial charge in [-0.1, -0.05) is 6.92 Å². The molecule has 2 N–H and O–H groups in total. The van der Waals surface area contributed by atoms with E-state index in [4.69, 9.17) is 5.73 Å². The van der Waals surface area contributed by atoms with Gasteiger partial charge in [0.25, 0.3) is 0 Å². The summed E-state index contributed by atoms with van der Waals surface area (Å²) in [6.45, 7) is 8.72. The summed E-state index contributed by atoms with van der Waals surface area (Å²) in [6.07, 6.45) is 5.65. The van der Waals surface area contributed by atoms with E-state index in [0.717, 1.165) is 51.9 Å². The average Bonchev–Trinajstić information content (AvgIpc) is 2.43. The van der Waals surface area contributed by atoms with Crippen molar-refractivity contribution in [1.29, 1.82) is 0 Å². The first-order chi connectivity index (χ1) is 8.70. The predicted octanol–water partition coefficient (Wildman–Crippen LogP) is 1.45. The highest BCUT2D eigenvalue weighted by molar-refractivity contribution is 5.81. The highest BCUT2D eigenvalue weighted by Gasteiger charge is 2.26. The fourth-order valence-electron chi connectivity index (χ4n) is 2.62. The maximum absolute atomic E-state index is 12.4. The van der Waals surface area contributed by atoms with E-state index >= 15 is 0 Å². The van der Waals surface area contributed by atoms with Crippen LogP contribution < -0.4 is 5.73 Å². The smallest absolute Gasteiger partial charge is 0.239 e. The largest absolute Gasteiger partial charge is 0.341 e. The van der Waals surface area contributed by atoms with Gasteiger partial charge in [-0.3, -0.25) is 9.69 Å². The highest BCUT2D eigenvalue weighted by atomic mass is 16.2. The number of hydrogen-bond acceptors (Lipinski definition) is 3. The maximum atomic E-state index is 12.4. The van der Waals surface area contributed by atoms with E-state index in [1.165, 1.54) is 6.42 Å². The molecular formula is C14H29N3O. The van der Waals surface area contributed by atoms with Crippen LogP contribution in [0.3, 0.4) is 0 Å². The topological polar surface area (TPSA) is 49.6 Å². The van der Waals surface area contributed by atoms with Crippen molar-refractivity contribution < 1.29 is 4.79 Å². The standard InChI is InChI=1S/C14H29N3O/c1-3-9-16(12-7-8-15)13(2)14(18)17-10-5-4-6-11-17/h13H,3-12,15H2,1-2H3. The number of rotatable bonds is 7. The molecule has 4 nitrogen and oxygen atoms in total. The Labute approximate surface area is 111 Å². The maximum Gasteiger partial charge on any atom is 0.239 e. The van der Waals surface area contributed by atoms with Crippen molar-refractivity contribution in [2.75, 3.05) is 32.7 Å². The zero-order valence-electron chi connectivity index (χ0n) is 12.0. The molecule has 0 radical (unpaired) electrons. The molecule has 1 rings (SSSR count). The first kappa shape index (κ1) is 15.4. The van der Waals surface area contributed by atoms with E-state index in [0.29, 0.717) is 12.5 Å². The van der Waals surface area contributed by atoms with E-state index in [9.17, 15) is 4.79 Å². The molecule has 1 heterocycles. The molecule has 0 spiro atoms. The van der Waals surface area contributed by atoms with Gasteiger partial charge in [0, 0.05) is 19.6 Å². The molecule has 0 saturated carbocycles. The number of nitrogens with two attached hydrogens (primary N) is 1. The molecule has 1 aliphatic heterocycles. The molecule has 0 aliphatic carbocycles. The molecule has 1 fully saturated rings. The van der Waals surface area contributed by atoms with Crippen molar-refractivity contribution >= 4 is 5.91 Å². The van der Waals surface area contributed by atoms with Gasteiger partial charge in [0.05, 0.1) is 6.04 Å². The Kier molecular flexibility index (Phi) is 7.28. The molecule has 0 aromatic carbocycles. The summed E-state index contributed by atoms with van der Waals surface area (Å²) >= 11 is 0. The van der Waals surface area contributed by atoms with Gasteiger partial charge < -0.3 is 10.6 Å². The molecule has 0 bridgehead atoms. The monoisotopic (exact) mass is 255 g/mol. The molecule has 18 heavy (non-hydrogen) atoms. The predicted molar refractivity (Wildman–Crippen MR) is 75.4 cm³/mol. The SMILES string of the molecule is CCCN(CCCN)C(C)C(=O)N1CCCCC1. The van der Waals surface area contributed by atoms with E-state index in [2.05, 4.69) is 11.8 Å². The fourth-order valence-corrected chi connectivity index (χ4v) is 2.62. The molecule has 1 unspecified atom stereocenters. The molecule has 106 valence electrons. The summed E-state index contributed by atoms with van der Waals surface area (Å²) < 4.78 is 0. The number of piperidine rings is 1. The van der Waals surface area contributed by atoms with Crippen LogP contribution >= 0.6 is 0 Å². The molecule has 1 amide bonds. The van der Waals surface area contributed by atoms with Crippen LogP contribution in [0.4, 0.5) is 0 Å². The minimum absolute atomic E-state index is 0.00889. The van der Waals surface area contributed by atoms with Crippen molar-refractivity contribution in [2.45, 2.75) is 52.0 Å². The Morgan fingerprint density at radius 3 is 2.50 bits per heavy atom. The number of carbonyl (C=O) groups excluding carboxylic acids is 1. The lowest BCUT2D eigenvalue weighted by molar-refractivity contribution is -0.137. The highest BCUT2D eigenvalue weighted by Crippen LogP contribution is 2.13. The zero-order chi connectivity index (χ0) is 13.4. The molecule has 1 atom stereocenters. The van der Waals surface area contributed by atoms with Crippen LogP contribution in [0.25, 0.3) is 0 Å². The van der Waals surface area contributed by atoms with Crippen LogP contribution in [-0.4, -0.2) is 54.5 Å². The number of carbonyl (C=O) groups is 1. The van der Waals surface area contributed by atoms with Crippen LogP contribution in [0.5, 0.6) is 0 Å². The van der Waals surface area contributed by atoms with E-state index < -0.39 is 0 Å². The Bertz CT molecular complexity index is 239. The minimum Gasteiger partial charge on any atom is -0.341 e. The van der Waals surface area contributed by atoms with Crippen molar-refractivity contribution in [1.82, 2.24) is 9.80 Å². The summed E-state index contributed by atoms with van der Waals surface area (Å²) in [5.41, 5.74) is 5.57. The summed E-state index contributed by atoms with van der Waals surface area (Å²) in [5, 5.41) is 0. The van der Waals surface area contributed by atoms with Crippen molar-refractivity contribution in [3.05, 3.63) is 0 Å². The quantitative estimate of drug-likeness (QED) is 0.749. The van der Waals surface area contributed by atoms with Crippen LogP contribution in [0.2, 0.25) is 0 Å². The van der Waals surface area contributed by atoms with Crippen molar-refractivity contribution in [3.8, 4) is 0 Å². The Balaban J connectivity index is 2.50. The van der Waals surface area contributed by atoms with Gasteiger partial charge in [-0.05, 0) is 52.1 Å². The van der Waals surface area contributed by atoms with Crippen LogP contribution in [-0.2, 0) is 4.79 Å². The fraction of sp³-hybridized carbons (Fsp3) is 0.929. The molecule has 1 saturated heterocycles. The summed E-state index contributed by atoms with van der Waals surface area (Å²) in [4.78, 5) is 16.8. The Hall–Kier alpha value is -0.610. The second kappa shape index (κ2) is 8.48. The molecule has 0 aromatic rings. The van der Waals surface area contributed by atoms with Gasteiger partial charge >= 0.3 is 0 Å². The normalized spacial score (nSPS) is 18.1. The van der Waals surface area contributed by atoms with Crippen molar-refractivity contribution in [3.63, 3.8) is 0 Å². The van der Waals surface area contributed by atoms with Gasteiger partial charge in [-0.25, -0.2) is 0 Å². The Morgan fingerprint density at radius 2 is 1.94 bits per heavy atom. The summed E-state index contributed by atoms with van der Waals surface area (Å²) in [5.74, 6) is 0.306. The lowest BCUT2D eigenvalue weighted by atomic mass is 10.1. The molecule has 4 heteroatoms. The lowest BCUT2D eigenvalue weighted by Crippen LogP contribution is -2.49. The van der Waals surface area contributed by atoms with Gasteiger partial charge in [-0.2, -0.15) is 0 Å². The van der Waals surface area contributed by atoms with E-state index in [-0.39, 0.29) is 6.04 Å². The molecular weight excluding hydrogens is 226 g/mol. The van der Waals surface area contributed by atoms with Gasteiger partial charge in [0.15, 0.2) is 0 Å². The number of nitrogens with zero attached hydrogens (tertiary/aromatic N) is 2. The molecule has 1 aliphatic rings. The van der Waals surface area contributed by atoms with Crippen LogP contribution in [0.15, 0.2) is 0 Å². The number of hydrogen-bond donors (Lipinski definition) is 1. The number of likely N-dealkylation sites (tertiary alicyclic amines) is 1. The minimum atomic E-state index is 0.00889. The summed E-state index contributed by atoms with van der Waals surface area (Å²) in [7, 11) is 0. The average molecular weight is 255 g/mol. The van der Waals surface area contributed by atoms with Crippen LogP contribution in [0.1, 0.15) is 46.0 Å². The third-order valence-corrected chi connectivity index (χ3v) is 3.73. The lowest BCUT2D eigenvalue weighted by Gasteiger charge is -2.34. The van der Waals surface area contributed by atoms with E-state index in [1.807, 2.05) is 11.8 Å². The molecule has 0 aromatic heterocycles. The third kappa shape index (κ3) is 4.58. The van der Waals surface area contributed by atoms with Gasteiger partial charge in [-0.15, -0.1) is 0 Å². The third-order valence-electron chi connectivity index (χ3n) is 3.73. The van der Waals surface area contributed by atoms with E-state index in [1.54, 1.807) is 0 Å². The Morgan fingerprint density at radius 1 is 1.28 bits per heavy atom. The first-order valence-electron chi connectivity index (χ1n) is 7.43. The van der Waals surface area contributed by atoms with Crippen LogP contribution in [0, 0.1) is 0 Å². The summed E-state index contributed by atoms with van der Waals surface area (Å²) in [6, 6.07) is 0.00889. The second-order valence-corrected chi connectivity index (χ2v) is 5.24. The zero-order valence-corrected chi connectivity index (χ0v) is 12.0. The van der Waals surface area contributed by atoms with Crippen molar-refractivity contribution in [2.24, 2.45) is 5.73 Å². The first-order valence-corrected chi connectivity index (χ1v) is 7.43. The number of amides is 1. The van der Waals surface area contributed by atoms with Gasteiger partial charge in [0.2, 0.25) is 5.91 Å².